The van der Waals surface area contributed by atoms with E-state index < -0.39 is 83.6 Å². The van der Waals surface area contributed by atoms with Gasteiger partial charge in [-0.2, -0.15) is 0 Å². The molecule has 3 aliphatic heterocycles. The van der Waals surface area contributed by atoms with Gasteiger partial charge in [-0.15, -0.1) is 0 Å². The van der Waals surface area contributed by atoms with Crippen LogP contribution in [0.1, 0.15) is 86.6 Å². The number of ether oxygens (including phenoxy) is 4. The summed E-state index contributed by atoms with van der Waals surface area (Å²) in [5.41, 5.74) is -7.52. The van der Waals surface area contributed by atoms with Gasteiger partial charge in [0, 0.05) is 44.0 Å². The van der Waals surface area contributed by atoms with Gasteiger partial charge >= 0.3 is 11.4 Å². The molecule has 0 aliphatic carbocycles. The summed E-state index contributed by atoms with van der Waals surface area (Å²) in [5.74, 6) is 0. The van der Waals surface area contributed by atoms with Gasteiger partial charge in [0.25, 0.3) is 11.1 Å². The van der Waals surface area contributed by atoms with E-state index in [0.717, 1.165) is 36.1 Å². The summed E-state index contributed by atoms with van der Waals surface area (Å²) in [5, 5.41) is 19.5. The second-order valence-corrected chi connectivity index (χ2v) is 12.1. The Morgan fingerprint density at radius 1 is 0.913 bits per heavy atom. The third-order valence-electron chi connectivity index (χ3n) is 8.30. The Hall–Kier alpha value is -3.02. The van der Waals surface area contributed by atoms with Gasteiger partial charge in [0.15, 0.2) is 18.7 Å². The first kappa shape index (κ1) is 39.2. The van der Waals surface area contributed by atoms with Crippen LogP contribution in [0.25, 0.3) is 0 Å². The number of aliphatic hydroxyl groups is 2. The maximum atomic E-state index is 13.8. The van der Waals surface area contributed by atoms with E-state index in [1.165, 1.54) is 23.8 Å². The number of nitrogens with zero attached hydrogens (tertiary/aromatic N) is 2. The molecule has 0 amide bonds. The van der Waals surface area contributed by atoms with E-state index in [2.05, 4.69) is 4.98 Å². The maximum Gasteiger partial charge on any atom is 0.330 e. The fraction of sp³-hybridized carbons (Fsp3) is 0.733. The number of alkyl halides is 2. The zero-order valence-corrected chi connectivity index (χ0v) is 24.9. The van der Waals surface area contributed by atoms with Crippen molar-refractivity contribution in [3.8, 4) is 0 Å². The molecular weight excluding hydrogens is 614 g/mol. The Bertz CT molecular complexity index is 1510. The van der Waals surface area contributed by atoms with Crippen LogP contribution in [-0.2, 0) is 18.9 Å². The van der Waals surface area contributed by atoms with E-state index in [-0.39, 0.29) is 21.3 Å². The predicted molar refractivity (Wildman–Crippen MR) is 164 cm³/mol. The molecule has 2 aromatic rings. The van der Waals surface area contributed by atoms with E-state index in [9.17, 15) is 38.2 Å². The monoisotopic (exact) mass is 662 g/mol. The predicted octanol–water partition coefficient (Wildman–Crippen LogP) is 2.06. The average molecular weight is 663 g/mol. The van der Waals surface area contributed by atoms with Crippen molar-refractivity contribution in [1.29, 1.82) is 0 Å². The van der Waals surface area contributed by atoms with Crippen LogP contribution in [0.3, 0.4) is 0 Å². The lowest BCUT2D eigenvalue weighted by molar-refractivity contribution is -0.243. The highest BCUT2D eigenvalue weighted by Crippen LogP contribution is 2.48. The lowest BCUT2D eigenvalue weighted by atomic mass is 9.89. The lowest BCUT2D eigenvalue weighted by Crippen LogP contribution is -2.44. The number of aromatic nitrogens is 4. The van der Waals surface area contributed by atoms with Gasteiger partial charge in [-0.1, -0.05) is 21.8 Å². The number of aliphatic hydroxyl groups excluding tert-OH is 1. The topological polar surface area (TPSA) is 187 Å². The molecule has 0 saturated carbocycles. The minimum atomic E-state index is -1.54. The van der Waals surface area contributed by atoms with Crippen LogP contribution >= 0.6 is 0 Å². The summed E-state index contributed by atoms with van der Waals surface area (Å²) in [6.45, 7) is 3.36. The normalized spacial score (nSPS) is 33.8. The Kier molecular flexibility index (Phi) is 13.0. The number of hydrogen-bond acceptors (Lipinski definition) is 10. The third-order valence-corrected chi connectivity index (χ3v) is 8.30. The number of hydrogen-bond donors (Lipinski definition) is 4. The smallest absolute Gasteiger partial charge is 0.330 e. The molecule has 5 rings (SSSR count). The first-order valence-electron chi connectivity index (χ1n) is 14.5. The van der Waals surface area contributed by atoms with Gasteiger partial charge in [-0.05, 0) is 39.5 Å². The van der Waals surface area contributed by atoms with E-state index in [0.29, 0.717) is 19.4 Å². The van der Waals surface area contributed by atoms with Crippen molar-refractivity contribution in [2.24, 2.45) is 0 Å². The molecule has 3 aliphatic rings. The van der Waals surface area contributed by atoms with Crippen LogP contribution in [0.2, 0.25) is 0 Å². The molecule has 3 fully saturated rings. The average Bonchev–Trinajstić information content (AvgIpc) is 3.44. The largest absolute Gasteiger partial charge is 0.393 e. The van der Waals surface area contributed by atoms with Gasteiger partial charge in [0.05, 0.1) is 6.61 Å². The van der Waals surface area contributed by atoms with Crippen LogP contribution in [-0.4, -0.2) is 84.6 Å². The Morgan fingerprint density at radius 2 is 1.46 bits per heavy atom. The molecule has 1 unspecified atom stereocenters. The summed E-state index contributed by atoms with van der Waals surface area (Å²) >= 11 is 0. The molecule has 262 valence electrons. The number of aromatic amines is 2. The van der Waals surface area contributed by atoms with Crippen molar-refractivity contribution in [2.45, 2.75) is 115 Å². The summed E-state index contributed by atoms with van der Waals surface area (Å²) in [6, 6.07) is 2.33. The van der Waals surface area contributed by atoms with Gasteiger partial charge in [-0.25, -0.2) is 18.4 Å². The lowest BCUT2D eigenvalue weighted by Gasteiger charge is -2.35. The second kappa shape index (κ2) is 15.3. The second-order valence-electron chi connectivity index (χ2n) is 12.1. The first-order valence-corrected chi connectivity index (χ1v) is 14.5. The molecule has 0 radical (unpaired) electrons. The van der Waals surface area contributed by atoms with Crippen molar-refractivity contribution in [2.75, 3.05) is 26.6 Å². The Morgan fingerprint density at radius 3 is 1.89 bits per heavy atom. The molecule has 3 saturated heterocycles. The summed E-state index contributed by atoms with van der Waals surface area (Å²) in [4.78, 5) is 50.5. The van der Waals surface area contributed by atoms with E-state index >= 15 is 0 Å². The molecule has 7 atom stereocenters. The minimum absolute atomic E-state index is 0. The quantitative estimate of drug-likeness (QED) is 0.326. The van der Waals surface area contributed by atoms with Gasteiger partial charge in [0.2, 0.25) is 0 Å². The Labute approximate surface area is 265 Å². The Balaban J connectivity index is 0.000000317. The summed E-state index contributed by atoms with van der Waals surface area (Å²) < 4.78 is 52.2. The highest BCUT2D eigenvalue weighted by atomic mass is 19.1. The highest BCUT2D eigenvalue weighted by molar-refractivity contribution is 5.03. The third kappa shape index (κ3) is 8.09. The van der Waals surface area contributed by atoms with E-state index in [1.54, 1.807) is 6.92 Å². The van der Waals surface area contributed by atoms with E-state index in [1.807, 2.05) is 11.9 Å². The van der Waals surface area contributed by atoms with Crippen molar-refractivity contribution in [3.05, 3.63) is 66.2 Å². The zero-order chi connectivity index (χ0) is 32.3. The summed E-state index contributed by atoms with van der Waals surface area (Å²) in [7, 11) is 0. The number of H-pyrrole nitrogens is 2. The van der Waals surface area contributed by atoms with Gasteiger partial charge < -0.3 is 29.2 Å². The van der Waals surface area contributed by atoms with Crippen molar-refractivity contribution < 1.29 is 37.9 Å². The van der Waals surface area contributed by atoms with Crippen molar-refractivity contribution >= 4 is 0 Å². The molecule has 2 aromatic heterocycles. The molecular formula is C30H48F2N4O10. The molecule has 16 heteroatoms. The molecule has 4 N–H and O–H groups in total. The minimum Gasteiger partial charge on any atom is -0.393 e. The van der Waals surface area contributed by atoms with Crippen molar-refractivity contribution in [3.63, 3.8) is 0 Å². The van der Waals surface area contributed by atoms with Crippen LogP contribution in [0.5, 0.6) is 0 Å². The van der Waals surface area contributed by atoms with Crippen LogP contribution in [0.15, 0.2) is 43.7 Å². The van der Waals surface area contributed by atoms with Crippen LogP contribution in [0.4, 0.5) is 8.78 Å². The molecule has 5 heterocycles. The molecule has 46 heavy (non-hydrogen) atoms. The molecule has 0 spiro atoms. The fourth-order valence-electron chi connectivity index (χ4n) is 6.01. The number of rotatable bonds is 8. The zero-order valence-electron chi connectivity index (χ0n) is 24.9. The fourth-order valence-corrected chi connectivity index (χ4v) is 6.01. The SMILES string of the molecule is C.C.CC[C@]1(CF)C[C@@](C)(OC2CCCCO2)[C@H](n2ccc(=O)[nH]c2=O)O1.C[C@@]1(O)C[C@](CO)(CF)O[C@H]1n1ccc(=O)[nH]c1=O. The highest BCUT2D eigenvalue weighted by Gasteiger charge is 2.56. The number of halogens is 2. The van der Waals surface area contributed by atoms with Gasteiger partial charge in [0.1, 0.15) is 35.8 Å². The molecule has 0 aromatic carbocycles. The van der Waals surface area contributed by atoms with Crippen LogP contribution in [0, 0.1) is 0 Å². The first-order chi connectivity index (χ1) is 20.7. The number of nitrogens with one attached hydrogen (secondary N) is 2. The standard InChI is InChI=1S/C17H25FN2O5.C11H15FN2O5.2CH4/c1-3-17(11-18)10-16(2,24-13-6-4-5-9-23-13)14(25-17)20-8-7-12(21)19-15(20)22;1-10(18)4-11(5-12,6-15)19-8(10)14-3-2-7(16)13-9(14)17;;/h7-8,13-14H,3-6,9-11H2,1-2H3,(H,19,21,22);2-3,8,15,18H,4-6H2,1H3,(H,13,16,17);2*1H4/t13?,14-,16-,17-;8-,10-,11-;;/m11../s1. The maximum absolute atomic E-state index is 13.8. The van der Waals surface area contributed by atoms with Crippen LogP contribution < -0.4 is 22.5 Å². The van der Waals surface area contributed by atoms with E-state index in [4.69, 9.17) is 18.9 Å². The molecule has 0 bridgehead atoms. The van der Waals surface area contributed by atoms with Crippen molar-refractivity contribution in [1.82, 2.24) is 19.1 Å². The molecule has 14 nitrogen and oxygen atoms in total. The van der Waals surface area contributed by atoms with Gasteiger partial charge in [-0.3, -0.25) is 28.7 Å². The summed E-state index contributed by atoms with van der Waals surface area (Å²) in [6.07, 6.45) is 3.39.